The fourth-order valence-corrected chi connectivity index (χ4v) is 1.63. The lowest BCUT2D eigenvalue weighted by molar-refractivity contribution is 0.152. The van der Waals surface area contributed by atoms with Gasteiger partial charge in [0.15, 0.2) is 0 Å². The van der Waals surface area contributed by atoms with Gasteiger partial charge in [0.05, 0.1) is 6.61 Å². The van der Waals surface area contributed by atoms with Crippen molar-refractivity contribution in [2.24, 2.45) is 0 Å². The lowest BCUT2D eigenvalue weighted by atomic mass is 10.4. The predicted octanol–water partition coefficient (Wildman–Crippen LogP) is 1.10. The summed E-state index contributed by atoms with van der Waals surface area (Å²) < 4.78 is 5.01. The van der Waals surface area contributed by atoms with Crippen LogP contribution in [0.1, 0.15) is 6.42 Å². The van der Waals surface area contributed by atoms with E-state index in [1.54, 1.807) is 6.41 Å². The highest BCUT2D eigenvalue weighted by molar-refractivity contribution is 6.76. The van der Waals surface area contributed by atoms with Gasteiger partial charge in [-0.05, 0) is 12.5 Å². The summed E-state index contributed by atoms with van der Waals surface area (Å²) in [5.74, 6) is 0. The number of carbonyl (C=O) groups excluding carboxylic acids is 2. The van der Waals surface area contributed by atoms with Gasteiger partial charge in [-0.2, -0.15) is 0 Å². The molecule has 0 rings (SSSR count). The molecule has 0 aromatic heterocycles. The molecule has 0 atom stereocenters. The Morgan fingerprint density at radius 2 is 2.00 bits per heavy atom. The molecule has 0 spiro atoms. The number of nitrogens with one attached hydrogen (secondary N) is 2. The van der Waals surface area contributed by atoms with Crippen LogP contribution in [0, 0.1) is 0 Å². The molecule has 0 heterocycles. The van der Waals surface area contributed by atoms with Gasteiger partial charge in [0.1, 0.15) is 0 Å². The average molecular weight is 245 g/mol. The van der Waals surface area contributed by atoms with Crippen molar-refractivity contribution in [3.8, 4) is 0 Å². The van der Waals surface area contributed by atoms with Gasteiger partial charge in [-0.15, -0.1) is 0 Å². The van der Waals surface area contributed by atoms with Crippen molar-refractivity contribution in [1.29, 1.82) is 0 Å². The van der Waals surface area contributed by atoms with Crippen LogP contribution in [0.3, 0.4) is 0 Å². The summed E-state index contributed by atoms with van der Waals surface area (Å²) in [7, 11) is -1.13. The molecule has 2 N–H and O–H groups in total. The Morgan fingerprint density at radius 3 is 2.56 bits per heavy atom. The zero-order chi connectivity index (χ0) is 12.4. The Labute approximate surface area is 97.9 Å². The minimum Gasteiger partial charge on any atom is -0.450 e. The zero-order valence-corrected chi connectivity index (χ0v) is 11.3. The second kappa shape index (κ2) is 8.15. The largest absolute Gasteiger partial charge is 0.450 e. The molecule has 16 heavy (non-hydrogen) atoms. The summed E-state index contributed by atoms with van der Waals surface area (Å²) in [6.07, 6.45) is 1.87. The molecule has 0 unspecified atom stereocenters. The van der Waals surface area contributed by atoms with Crippen LogP contribution in [-0.4, -0.2) is 40.3 Å². The maximum Gasteiger partial charge on any atom is 0.407 e. The van der Waals surface area contributed by atoms with Crippen molar-refractivity contribution in [2.75, 3.05) is 19.7 Å². The first-order valence-electron chi connectivity index (χ1n) is 5.46. The lowest BCUT2D eigenvalue weighted by Gasteiger charge is -2.15. The molecular formula is C10H21N2O3Si. The Balaban J connectivity index is 3.35. The van der Waals surface area contributed by atoms with Crippen LogP contribution in [0.2, 0.25) is 25.7 Å². The second-order valence-corrected chi connectivity index (χ2v) is 10.4. The minimum absolute atomic E-state index is 0.381. The third kappa shape index (κ3) is 11.0. The molecule has 0 fully saturated rings. The molecule has 2 amide bonds. The van der Waals surface area contributed by atoms with Crippen LogP contribution in [-0.2, 0) is 9.53 Å². The van der Waals surface area contributed by atoms with Gasteiger partial charge in [0.25, 0.3) is 0 Å². The SMILES string of the molecule is C[Si](C)(C)CCOC(=O)NCCCN[C]=O. The molecule has 0 aliphatic carbocycles. The Bertz CT molecular complexity index is 217. The summed E-state index contributed by atoms with van der Waals surface area (Å²) >= 11 is 0. The van der Waals surface area contributed by atoms with Crippen LogP contribution in [0.15, 0.2) is 0 Å². The molecule has 0 bridgehead atoms. The first-order chi connectivity index (χ1) is 7.45. The predicted molar refractivity (Wildman–Crippen MR) is 65.8 cm³/mol. The Morgan fingerprint density at radius 1 is 1.31 bits per heavy atom. The molecular weight excluding hydrogens is 224 g/mol. The van der Waals surface area contributed by atoms with Gasteiger partial charge in [0, 0.05) is 21.2 Å². The molecule has 1 radical (unpaired) electrons. The van der Waals surface area contributed by atoms with Gasteiger partial charge < -0.3 is 15.4 Å². The first-order valence-corrected chi connectivity index (χ1v) is 9.17. The Kier molecular flexibility index (Phi) is 7.62. The van der Waals surface area contributed by atoms with E-state index in [0.29, 0.717) is 26.1 Å². The van der Waals surface area contributed by atoms with Crippen LogP contribution in [0.25, 0.3) is 0 Å². The van der Waals surface area contributed by atoms with Gasteiger partial charge >= 0.3 is 12.5 Å². The average Bonchev–Trinajstić information content (AvgIpc) is 2.15. The van der Waals surface area contributed by atoms with Crippen molar-refractivity contribution < 1.29 is 14.3 Å². The molecule has 0 aromatic carbocycles. The minimum atomic E-state index is -1.13. The normalized spacial score (nSPS) is 10.7. The van der Waals surface area contributed by atoms with E-state index in [9.17, 15) is 9.59 Å². The van der Waals surface area contributed by atoms with Gasteiger partial charge in [-0.1, -0.05) is 19.6 Å². The quantitative estimate of drug-likeness (QED) is 0.382. The maximum atomic E-state index is 11.1. The van der Waals surface area contributed by atoms with Crippen molar-refractivity contribution in [3.63, 3.8) is 0 Å². The van der Waals surface area contributed by atoms with E-state index < -0.39 is 8.07 Å². The molecule has 0 saturated carbocycles. The third-order valence-electron chi connectivity index (χ3n) is 1.91. The van der Waals surface area contributed by atoms with E-state index in [2.05, 4.69) is 30.3 Å². The van der Waals surface area contributed by atoms with Gasteiger partial charge in [0.2, 0.25) is 0 Å². The number of rotatable bonds is 8. The van der Waals surface area contributed by atoms with Gasteiger partial charge in [-0.25, -0.2) is 4.79 Å². The summed E-state index contributed by atoms with van der Waals surface area (Å²) in [6, 6.07) is 0.974. The van der Waals surface area contributed by atoms with Crippen molar-refractivity contribution in [2.45, 2.75) is 32.1 Å². The summed E-state index contributed by atoms with van der Waals surface area (Å²) in [4.78, 5) is 20.9. The van der Waals surface area contributed by atoms with E-state index in [-0.39, 0.29) is 6.09 Å². The van der Waals surface area contributed by atoms with E-state index in [1.807, 2.05) is 0 Å². The van der Waals surface area contributed by atoms with E-state index in [4.69, 9.17) is 4.74 Å². The number of alkyl carbamates (subject to hydrolysis) is 1. The van der Waals surface area contributed by atoms with Crippen LogP contribution in [0.4, 0.5) is 4.79 Å². The second-order valence-electron chi connectivity index (χ2n) is 4.76. The molecule has 0 aromatic rings. The summed E-state index contributed by atoms with van der Waals surface area (Å²) in [5.41, 5.74) is 0. The molecule has 5 nitrogen and oxygen atoms in total. The fraction of sp³-hybridized carbons (Fsp3) is 0.800. The number of ether oxygens (including phenoxy) is 1. The standard InChI is InChI=1S/C10H21N2O3Si/c1-16(2,3)8-7-15-10(14)12-6-4-5-11-9-13/h4-8H2,1-3H3,(H,11,13)(H,12,14). The van der Waals surface area contributed by atoms with E-state index >= 15 is 0 Å². The van der Waals surface area contributed by atoms with Crippen LogP contribution in [0.5, 0.6) is 0 Å². The van der Waals surface area contributed by atoms with Crippen molar-refractivity contribution >= 4 is 20.6 Å². The fourth-order valence-electron chi connectivity index (χ4n) is 0.919. The van der Waals surface area contributed by atoms with E-state index in [0.717, 1.165) is 6.04 Å². The van der Waals surface area contributed by atoms with Crippen LogP contribution >= 0.6 is 0 Å². The smallest absolute Gasteiger partial charge is 0.407 e. The first kappa shape index (κ1) is 15.0. The van der Waals surface area contributed by atoms with E-state index in [1.165, 1.54) is 0 Å². The lowest BCUT2D eigenvalue weighted by Crippen LogP contribution is -2.29. The zero-order valence-electron chi connectivity index (χ0n) is 10.3. The summed E-state index contributed by atoms with van der Waals surface area (Å²) in [6.45, 7) is 8.20. The van der Waals surface area contributed by atoms with Crippen molar-refractivity contribution in [3.05, 3.63) is 0 Å². The number of carbonyl (C=O) groups is 1. The molecule has 6 heteroatoms. The molecule has 0 aliphatic heterocycles. The third-order valence-corrected chi connectivity index (χ3v) is 3.61. The topological polar surface area (TPSA) is 67.4 Å². The van der Waals surface area contributed by atoms with Crippen LogP contribution < -0.4 is 10.6 Å². The molecule has 93 valence electrons. The number of amides is 2. The Hall–Kier alpha value is -1.04. The monoisotopic (exact) mass is 245 g/mol. The number of hydrogen-bond acceptors (Lipinski definition) is 3. The molecule has 0 aliphatic rings. The van der Waals surface area contributed by atoms with Gasteiger partial charge in [-0.3, -0.25) is 4.79 Å². The number of hydrogen-bond donors (Lipinski definition) is 2. The maximum absolute atomic E-state index is 11.1. The highest BCUT2D eigenvalue weighted by Gasteiger charge is 2.13. The highest BCUT2D eigenvalue weighted by atomic mass is 28.3. The van der Waals surface area contributed by atoms with Crippen molar-refractivity contribution in [1.82, 2.24) is 10.6 Å². The molecule has 0 saturated heterocycles. The highest BCUT2D eigenvalue weighted by Crippen LogP contribution is 2.07. The summed E-state index contributed by atoms with van der Waals surface area (Å²) in [5, 5.41) is 5.01.